The predicted molar refractivity (Wildman–Crippen MR) is 74.4 cm³/mol. The Bertz CT molecular complexity index is 405. The van der Waals surface area contributed by atoms with E-state index in [1.165, 1.54) is 6.42 Å². The average Bonchev–Trinajstić information content (AvgIpc) is 2.34. The summed E-state index contributed by atoms with van der Waals surface area (Å²) in [6, 6.07) is 5.79. The van der Waals surface area contributed by atoms with E-state index in [1.54, 1.807) is 12.1 Å². The molecule has 0 saturated carbocycles. The van der Waals surface area contributed by atoms with Crippen LogP contribution in [-0.2, 0) is 6.54 Å². The van der Waals surface area contributed by atoms with Gasteiger partial charge in [0.1, 0.15) is 5.82 Å². The summed E-state index contributed by atoms with van der Waals surface area (Å²) in [6.45, 7) is 6.14. The molecule has 0 aliphatic carbocycles. The lowest BCUT2D eigenvalue weighted by molar-refractivity contribution is 0.359. The topological polar surface area (TPSA) is 15.3 Å². The third kappa shape index (κ3) is 2.51. The molecular formula is C15H23FN2. The Morgan fingerprint density at radius 2 is 2.17 bits per heavy atom. The van der Waals surface area contributed by atoms with Crippen LogP contribution in [0.3, 0.4) is 0 Å². The lowest BCUT2D eigenvalue weighted by atomic mass is 9.91. The molecule has 18 heavy (non-hydrogen) atoms. The number of nitrogens with zero attached hydrogens (tertiary/aromatic N) is 1. The zero-order valence-corrected chi connectivity index (χ0v) is 11.5. The summed E-state index contributed by atoms with van der Waals surface area (Å²) in [5.74, 6) is 0.532. The van der Waals surface area contributed by atoms with Crippen molar-refractivity contribution in [2.75, 3.05) is 18.5 Å². The van der Waals surface area contributed by atoms with Crippen molar-refractivity contribution in [1.82, 2.24) is 5.32 Å². The van der Waals surface area contributed by atoms with Crippen LogP contribution in [-0.4, -0.2) is 19.6 Å². The van der Waals surface area contributed by atoms with Crippen molar-refractivity contribution in [2.24, 2.45) is 5.92 Å². The Kier molecular flexibility index (Phi) is 4.23. The summed E-state index contributed by atoms with van der Waals surface area (Å²) in [6.07, 6.45) is 2.40. The Morgan fingerprint density at radius 3 is 2.89 bits per heavy atom. The summed E-state index contributed by atoms with van der Waals surface area (Å²) in [7, 11) is 1.90. The van der Waals surface area contributed by atoms with Gasteiger partial charge in [0.2, 0.25) is 0 Å². The first-order chi connectivity index (χ1) is 8.65. The first-order valence-corrected chi connectivity index (χ1v) is 6.83. The molecule has 0 bridgehead atoms. The molecule has 1 heterocycles. The number of rotatable bonds is 3. The highest BCUT2D eigenvalue weighted by molar-refractivity contribution is 5.56. The minimum atomic E-state index is -0.0938. The van der Waals surface area contributed by atoms with Crippen LogP contribution in [0.15, 0.2) is 18.2 Å². The van der Waals surface area contributed by atoms with E-state index in [9.17, 15) is 4.39 Å². The maximum absolute atomic E-state index is 14.2. The number of piperidine rings is 1. The molecule has 1 fully saturated rings. The van der Waals surface area contributed by atoms with E-state index in [0.717, 1.165) is 24.2 Å². The predicted octanol–water partition coefficient (Wildman–Crippen LogP) is 3.17. The van der Waals surface area contributed by atoms with Crippen LogP contribution < -0.4 is 10.2 Å². The Balaban J connectivity index is 2.36. The van der Waals surface area contributed by atoms with Crippen molar-refractivity contribution in [1.29, 1.82) is 0 Å². The number of para-hydroxylation sites is 1. The van der Waals surface area contributed by atoms with Crippen molar-refractivity contribution >= 4 is 5.69 Å². The number of anilines is 1. The smallest absolute Gasteiger partial charge is 0.146 e. The number of benzene rings is 1. The highest BCUT2D eigenvalue weighted by Gasteiger charge is 2.27. The lowest BCUT2D eigenvalue weighted by Crippen LogP contribution is -2.43. The Labute approximate surface area is 109 Å². The fourth-order valence-corrected chi connectivity index (χ4v) is 2.87. The van der Waals surface area contributed by atoms with E-state index in [0.29, 0.717) is 18.5 Å². The van der Waals surface area contributed by atoms with Gasteiger partial charge in [-0.2, -0.15) is 0 Å². The van der Waals surface area contributed by atoms with Gasteiger partial charge < -0.3 is 10.2 Å². The molecule has 1 aliphatic rings. The molecule has 1 aromatic rings. The summed E-state index contributed by atoms with van der Waals surface area (Å²) in [4.78, 5) is 2.25. The van der Waals surface area contributed by atoms with Crippen LogP contribution in [0.2, 0.25) is 0 Å². The zero-order chi connectivity index (χ0) is 13.1. The van der Waals surface area contributed by atoms with Crippen LogP contribution in [0.25, 0.3) is 0 Å². The summed E-state index contributed by atoms with van der Waals surface area (Å²) >= 11 is 0. The number of hydrogen-bond acceptors (Lipinski definition) is 2. The molecule has 1 saturated heterocycles. The van der Waals surface area contributed by atoms with Crippen molar-refractivity contribution in [3.63, 3.8) is 0 Å². The van der Waals surface area contributed by atoms with E-state index in [2.05, 4.69) is 24.1 Å². The molecule has 0 radical (unpaired) electrons. The molecule has 0 aromatic heterocycles. The molecular weight excluding hydrogens is 227 g/mol. The quantitative estimate of drug-likeness (QED) is 0.886. The first-order valence-electron chi connectivity index (χ1n) is 6.83. The second-order valence-corrected chi connectivity index (χ2v) is 5.33. The minimum Gasteiger partial charge on any atom is -0.366 e. The molecule has 3 heteroatoms. The van der Waals surface area contributed by atoms with E-state index in [4.69, 9.17) is 0 Å². The lowest BCUT2D eigenvalue weighted by Gasteiger charge is -2.40. The van der Waals surface area contributed by atoms with Crippen LogP contribution in [0.1, 0.15) is 32.3 Å². The number of hydrogen-bond donors (Lipinski definition) is 1. The molecule has 2 unspecified atom stereocenters. The van der Waals surface area contributed by atoms with Gasteiger partial charge in [-0.25, -0.2) is 4.39 Å². The number of nitrogens with one attached hydrogen (secondary N) is 1. The Hall–Kier alpha value is -1.09. The standard InChI is InChI=1S/C15H23FN2/c1-11-6-5-9-18(12(11)2)15-13(10-17-3)7-4-8-14(15)16/h4,7-8,11-12,17H,5-6,9-10H2,1-3H3. The van der Waals surface area contributed by atoms with Gasteiger partial charge in [-0.3, -0.25) is 0 Å². The van der Waals surface area contributed by atoms with E-state index >= 15 is 0 Å². The van der Waals surface area contributed by atoms with Crippen LogP contribution in [0.5, 0.6) is 0 Å². The van der Waals surface area contributed by atoms with Gasteiger partial charge in [0.15, 0.2) is 0 Å². The third-order valence-corrected chi connectivity index (χ3v) is 4.10. The van der Waals surface area contributed by atoms with Crippen LogP contribution in [0.4, 0.5) is 10.1 Å². The van der Waals surface area contributed by atoms with Crippen molar-refractivity contribution in [2.45, 2.75) is 39.3 Å². The molecule has 2 nitrogen and oxygen atoms in total. The van der Waals surface area contributed by atoms with Gasteiger partial charge in [-0.15, -0.1) is 0 Å². The highest BCUT2D eigenvalue weighted by Crippen LogP contribution is 2.32. The zero-order valence-electron chi connectivity index (χ0n) is 11.5. The molecule has 2 atom stereocenters. The van der Waals surface area contributed by atoms with Gasteiger partial charge in [-0.1, -0.05) is 19.1 Å². The molecule has 1 aliphatic heterocycles. The molecule has 0 amide bonds. The highest BCUT2D eigenvalue weighted by atomic mass is 19.1. The van der Waals surface area contributed by atoms with Gasteiger partial charge in [0, 0.05) is 19.1 Å². The monoisotopic (exact) mass is 250 g/mol. The second-order valence-electron chi connectivity index (χ2n) is 5.33. The van der Waals surface area contributed by atoms with Crippen molar-refractivity contribution < 1.29 is 4.39 Å². The van der Waals surface area contributed by atoms with E-state index in [1.807, 2.05) is 13.1 Å². The first kappa shape index (κ1) is 13.3. The largest absolute Gasteiger partial charge is 0.366 e. The van der Waals surface area contributed by atoms with Crippen LogP contribution >= 0.6 is 0 Å². The normalized spacial score (nSPS) is 24.3. The molecule has 1 N–H and O–H groups in total. The average molecular weight is 250 g/mol. The second kappa shape index (κ2) is 5.70. The summed E-state index contributed by atoms with van der Waals surface area (Å²) < 4.78 is 14.2. The summed E-state index contributed by atoms with van der Waals surface area (Å²) in [5.41, 5.74) is 1.85. The SMILES string of the molecule is CNCc1cccc(F)c1N1CCCC(C)C1C. The maximum atomic E-state index is 14.2. The van der Waals surface area contributed by atoms with Crippen molar-refractivity contribution in [3.05, 3.63) is 29.6 Å². The van der Waals surface area contributed by atoms with Gasteiger partial charge in [-0.05, 0) is 44.4 Å². The molecule has 2 rings (SSSR count). The molecule has 100 valence electrons. The van der Waals surface area contributed by atoms with Gasteiger partial charge in [0.25, 0.3) is 0 Å². The maximum Gasteiger partial charge on any atom is 0.146 e. The Morgan fingerprint density at radius 1 is 1.39 bits per heavy atom. The minimum absolute atomic E-state index is 0.0938. The van der Waals surface area contributed by atoms with Crippen LogP contribution in [0, 0.1) is 11.7 Å². The van der Waals surface area contributed by atoms with E-state index < -0.39 is 0 Å². The molecule has 0 spiro atoms. The van der Waals surface area contributed by atoms with Gasteiger partial charge >= 0.3 is 0 Å². The summed E-state index contributed by atoms with van der Waals surface area (Å²) in [5, 5.41) is 3.12. The fourth-order valence-electron chi connectivity index (χ4n) is 2.87. The third-order valence-electron chi connectivity index (χ3n) is 4.10. The van der Waals surface area contributed by atoms with Gasteiger partial charge in [0.05, 0.1) is 5.69 Å². The van der Waals surface area contributed by atoms with Crippen molar-refractivity contribution in [3.8, 4) is 0 Å². The fraction of sp³-hybridized carbons (Fsp3) is 0.600. The molecule has 1 aromatic carbocycles. The number of halogens is 1. The van der Waals surface area contributed by atoms with E-state index in [-0.39, 0.29) is 5.82 Å².